The average molecular weight is 197 g/mol. The highest BCUT2D eigenvalue weighted by Gasteiger charge is 2.25. The molecule has 2 rings (SSSR count). The monoisotopic (exact) mass is 197 g/mol. The van der Waals surface area contributed by atoms with E-state index in [1.807, 2.05) is 6.92 Å². The molecule has 0 radical (unpaired) electrons. The van der Waals surface area contributed by atoms with E-state index >= 15 is 0 Å². The zero-order valence-electron chi connectivity index (χ0n) is 7.84. The van der Waals surface area contributed by atoms with E-state index in [2.05, 4.69) is 5.10 Å². The maximum Gasteiger partial charge on any atom is 0.350 e. The van der Waals surface area contributed by atoms with Crippen molar-refractivity contribution in [2.75, 3.05) is 0 Å². The van der Waals surface area contributed by atoms with Crippen LogP contribution in [0, 0.1) is 10.1 Å². The molecule has 0 aromatic carbocycles. The highest BCUT2D eigenvalue weighted by atomic mass is 16.6. The zero-order valence-corrected chi connectivity index (χ0v) is 7.84. The molecule has 0 N–H and O–H groups in total. The van der Waals surface area contributed by atoms with Gasteiger partial charge in [-0.05, 0) is 19.8 Å². The summed E-state index contributed by atoms with van der Waals surface area (Å²) in [5, 5.41) is 14.5. The van der Waals surface area contributed by atoms with Gasteiger partial charge in [-0.2, -0.15) is 5.10 Å². The summed E-state index contributed by atoms with van der Waals surface area (Å²) >= 11 is 0. The Balaban J connectivity index is 2.39. The first-order chi connectivity index (χ1) is 6.68. The molecule has 0 spiro atoms. The summed E-state index contributed by atoms with van der Waals surface area (Å²) < 4.78 is 7.01. The van der Waals surface area contributed by atoms with Crippen LogP contribution in [-0.4, -0.2) is 20.8 Å². The fourth-order valence-electron chi connectivity index (χ4n) is 1.55. The highest BCUT2D eigenvalue weighted by Crippen LogP contribution is 2.30. The molecule has 0 saturated heterocycles. The molecule has 1 aliphatic rings. The third kappa shape index (κ3) is 1.43. The van der Waals surface area contributed by atoms with Crippen molar-refractivity contribution in [3.8, 4) is 5.88 Å². The lowest BCUT2D eigenvalue weighted by Gasteiger charge is -2.08. The van der Waals surface area contributed by atoms with Gasteiger partial charge in [0, 0.05) is 6.54 Å². The standard InChI is InChI=1S/C8H11N3O3/c1-6-3-2-4-10-8(14-6)7(5-9-10)11(12)13/h5-6H,2-4H2,1H3. The van der Waals surface area contributed by atoms with Gasteiger partial charge in [-0.1, -0.05) is 0 Å². The van der Waals surface area contributed by atoms with Crippen molar-refractivity contribution in [3.63, 3.8) is 0 Å². The molecule has 1 aliphatic heterocycles. The molecule has 6 heteroatoms. The van der Waals surface area contributed by atoms with Gasteiger partial charge in [0.05, 0.1) is 11.0 Å². The Bertz CT molecular complexity index is 361. The minimum atomic E-state index is -0.461. The lowest BCUT2D eigenvalue weighted by Crippen LogP contribution is -2.10. The molecule has 6 nitrogen and oxygen atoms in total. The summed E-state index contributed by atoms with van der Waals surface area (Å²) in [7, 11) is 0. The van der Waals surface area contributed by atoms with Crippen molar-refractivity contribution in [3.05, 3.63) is 16.3 Å². The molecule has 1 aromatic heterocycles. The van der Waals surface area contributed by atoms with Crippen LogP contribution in [0.15, 0.2) is 6.20 Å². The van der Waals surface area contributed by atoms with Crippen molar-refractivity contribution < 1.29 is 9.66 Å². The molecule has 0 amide bonds. The second-order valence-electron chi connectivity index (χ2n) is 3.39. The number of hydrogen-bond donors (Lipinski definition) is 0. The molecule has 0 saturated carbocycles. The van der Waals surface area contributed by atoms with Gasteiger partial charge in [-0.15, -0.1) is 0 Å². The first-order valence-corrected chi connectivity index (χ1v) is 4.55. The lowest BCUT2D eigenvalue weighted by atomic mass is 10.2. The van der Waals surface area contributed by atoms with Crippen molar-refractivity contribution in [1.29, 1.82) is 0 Å². The predicted molar refractivity (Wildman–Crippen MR) is 48.2 cm³/mol. The van der Waals surface area contributed by atoms with E-state index in [0.717, 1.165) is 12.8 Å². The molecule has 76 valence electrons. The Morgan fingerprint density at radius 3 is 3.29 bits per heavy atom. The normalized spacial score (nSPS) is 20.8. The smallest absolute Gasteiger partial charge is 0.350 e. The molecule has 1 unspecified atom stereocenters. The maximum atomic E-state index is 10.6. The molecule has 14 heavy (non-hydrogen) atoms. The van der Waals surface area contributed by atoms with E-state index in [0.29, 0.717) is 12.4 Å². The van der Waals surface area contributed by atoms with Crippen molar-refractivity contribution in [1.82, 2.24) is 9.78 Å². The zero-order chi connectivity index (χ0) is 10.1. The second kappa shape index (κ2) is 3.28. The number of nitrogens with zero attached hydrogens (tertiary/aromatic N) is 3. The Labute approximate surface area is 80.6 Å². The lowest BCUT2D eigenvalue weighted by molar-refractivity contribution is -0.386. The highest BCUT2D eigenvalue weighted by molar-refractivity contribution is 5.39. The van der Waals surface area contributed by atoms with E-state index in [-0.39, 0.29) is 11.8 Å². The Hall–Kier alpha value is -1.59. The minimum Gasteiger partial charge on any atom is -0.470 e. The summed E-state index contributed by atoms with van der Waals surface area (Å²) in [6.45, 7) is 2.60. The van der Waals surface area contributed by atoms with Crippen LogP contribution in [0.5, 0.6) is 5.88 Å². The number of rotatable bonds is 1. The van der Waals surface area contributed by atoms with Crippen LogP contribution in [-0.2, 0) is 6.54 Å². The molecule has 0 bridgehead atoms. The summed E-state index contributed by atoms with van der Waals surface area (Å²) in [6.07, 6.45) is 3.10. The first kappa shape index (κ1) is 8.98. The van der Waals surface area contributed by atoms with Gasteiger partial charge >= 0.3 is 5.69 Å². The van der Waals surface area contributed by atoms with Gasteiger partial charge in [-0.3, -0.25) is 10.1 Å². The third-order valence-electron chi connectivity index (χ3n) is 2.26. The van der Waals surface area contributed by atoms with Crippen LogP contribution < -0.4 is 4.74 Å². The fourth-order valence-corrected chi connectivity index (χ4v) is 1.55. The minimum absolute atomic E-state index is 0.0200. The van der Waals surface area contributed by atoms with Gasteiger partial charge in [-0.25, -0.2) is 4.68 Å². The van der Waals surface area contributed by atoms with Gasteiger partial charge in [0.1, 0.15) is 6.20 Å². The molecule has 1 aromatic rings. The van der Waals surface area contributed by atoms with Gasteiger partial charge in [0.2, 0.25) is 0 Å². The molecule has 1 atom stereocenters. The van der Waals surface area contributed by atoms with E-state index in [9.17, 15) is 10.1 Å². The van der Waals surface area contributed by atoms with Crippen LogP contribution in [0.1, 0.15) is 19.8 Å². The quantitative estimate of drug-likeness (QED) is 0.503. The Morgan fingerprint density at radius 2 is 2.57 bits per heavy atom. The van der Waals surface area contributed by atoms with Crippen LogP contribution in [0.4, 0.5) is 5.69 Å². The summed E-state index contributed by atoms with van der Waals surface area (Å²) in [6, 6.07) is 0. The number of aryl methyl sites for hydroxylation is 1. The SMILES string of the molecule is CC1CCCn2ncc([N+](=O)[O-])c2O1. The largest absolute Gasteiger partial charge is 0.470 e. The van der Waals surface area contributed by atoms with E-state index in [1.165, 1.54) is 6.20 Å². The van der Waals surface area contributed by atoms with Crippen LogP contribution in [0.3, 0.4) is 0 Å². The number of hydrogen-bond acceptors (Lipinski definition) is 4. The van der Waals surface area contributed by atoms with Crippen LogP contribution >= 0.6 is 0 Å². The Morgan fingerprint density at radius 1 is 1.79 bits per heavy atom. The van der Waals surface area contributed by atoms with E-state index in [1.54, 1.807) is 4.68 Å². The number of ether oxygens (including phenoxy) is 1. The summed E-state index contributed by atoms with van der Waals surface area (Å²) in [5.74, 6) is 0.292. The molecular formula is C8H11N3O3. The second-order valence-corrected chi connectivity index (χ2v) is 3.39. The van der Waals surface area contributed by atoms with Gasteiger partial charge in [0.15, 0.2) is 0 Å². The number of fused-ring (bicyclic) bond motifs is 1. The van der Waals surface area contributed by atoms with E-state index < -0.39 is 4.92 Å². The number of nitro groups is 1. The van der Waals surface area contributed by atoms with Crippen LogP contribution in [0.25, 0.3) is 0 Å². The third-order valence-corrected chi connectivity index (χ3v) is 2.26. The molecular weight excluding hydrogens is 186 g/mol. The number of aromatic nitrogens is 2. The predicted octanol–water partition coefficient (Wildman–Crippen LogP) is 1.35. The molecule has 0 fully saturated rings. The van der Waals surface area contributed by atoms with Crippen molar-refractivity contribution in [2.45, 2.75) is 32.4 Å². The Kier molecular flexibility index (Phi) is 2.11. The van der Waals surface area contributed by atoms with Crippen LogP contribution in [0.2, 0.25) is 0 Å². The fraction of sp³-hybridized carbons (Fsp3) is 0.625. The van der Waals surface area contributed by atoms with Crippen molar-refractivity contribution in [2.24, 2.45) is 0 Å². The first-order valence-electron chi connectivity index (χ1n) is 4.55. The topological polar surface area (TPSA) is 70.2 Å². The van der Waals surface area contributed by atoms with Gasteiger partial charge in [0.25, 0.3) is 5.88 Å². The van der Waals surface area contributed by atoms with Crippen molar-refractivity contribution >= 4 is 5.69 Å². The van der Waals surface area contributed by atoms with Gasteiger partial charge < -0.3 is 4.74 Å². The van der Waals surface area contributed by atoms with E-state index in [4.69, 9.17) is 4.74 Å². The summed E-state index contributed by atoms with van der Waals surface area (Å²) in [4.78, 5) is 10.2. The molecule has 0 aliphatic carbocycles. The summed E-state index contributed by atoms with van der Waals surface area (Å²) in [5.41, 5.74) is -0.0428. The maximum absolute atomic E-state index is 10.6. The molecule has 2 heterocycles. The average Bonchev–Trinajstić information content (AvgIpc) is 2.41.